The molecule has 0 aliphatic rings. The van der Waals surface area contributed by atoms with Gasteiger partial charge in [-0.1, -0.05) is 30.3 Å². The van der Waals surface area contributed by atoms with Gasteiger partial charge in [-0.05, 0) is 32.4 Å². The van der Waals surface area contributed by atoms with Crippen LogP contribution < -0.4 is 10.6 Å². The minimum absolute atomic E-state index is 0.0150. The number of carbonyl (C=O) groups excluding carboxylic acids is 1. The summed E-state index contributed by atoms with van der Waals surface area (Å²) in [6, 6.07) is 12.6. The van der Waals surface area contributed by atoms with Gasteiger partial charge in [0, 0.05) is 17.5 Å². The van der Waals surface area contributed by atoms with E-state index >= 15 is 0 Å². The van der Waals surface area contributed by atoms with Crippen LogP contribution in [0.4, 0.5) is 10.6 Å². The lowest BCUT2D eigenvalue weighted by Gasteiger charge is -2.25. The van der Waals surface area contributed by atoms with Crippen LogP contribution in [0.3, 0.4) is 0 Å². The molecule has 0 bridgehead atoms. The zero-order chi connectivity index (χ0) is 17.6. The smallest absolute Gasteiger partial charge is 0.320 e. The highest BCUT2D eigenvalue weighted by Gasteiger charge is 2.21. The van der Waals surface area contributed by atoms with Crippen molar-refractivity contribution in [1.82, 2.24) is 15.5 Å². The first kappa shape index (κ1) is 17.4. The second kappa shape index (κ2) is 7.54. The largest absolute Gasteiger partial charge is 0.481 e. The molecule has 1 aromatic heterocycles. The van der Waals surface area contributed by atoms with Gasteiger partial charge in [0.25, 0.3) is 0 Å². The van der Waals surface area contributed by atoms with Gasteiger partial charge < -0.3 is 10.4 Å². The molecule has 2 rings (SSSR count). The van der Waals surface area contributed by atoms with Crippen molar-refractivity contribution in [2.75, 3.05) is 5.32 Å². The third-order valence-corrected chi connectivity index (χ3v) is 3.39. The van der Waals surface area contributed by atoms with Crippen LogP contribution in [0.5, 0.6) is 0 Å². The highest BCUT2D eigenvalue weighted by Crippen LogP contribution is 2.16. The number of rotatable bonds is 6. The molecule has 0 fully saturated rings. The number of hydrogen-bond acceptors (Lipinski definition) is 4. The maximum Gasteiger partial charge on any atom is 0.320 e. The predicted octanol–water partition coefficient (Wildman–Crippen LogP) is 2.91. The Kier molecular flexibility index (Phi) is 5.47. The molecule has 0 aliphatic carbocycles. The molecule has 7 heteroatoms. The van der Waals surface area contributed by atoms with Crippen molar-refractivity contribution in [2.45, 2.75) is 32.2 Å². The third-order valence-electron chi connectivity index (χ3n) is 3.39. The number of amides is 2. The van der Waals surface area contributed by atoms with Crippen LogP contribution in [0.15, 0.2) is 42.5 Å². The third kappa shape index (κ3) is 5.35. The van der Waals surface area contributed by atoms with Gasteiger partial charge in [-0.3, -0.25) is 10.1 Å². The number of carboxylic acids is 1. The highest BCUT2D eigenvalue weighted by atomic mass is 16.4. The Morgan fingerprint density at radius 3 is 2.38 bits per heavy atom. The molecule has 2 aromatic rings. The van der Waals surface area contributed by atoms with Crippen molar-refractivity contribution >= 4 is 17.8 Å². The number of hydrogen-bond donors (Lipinski definition) is 3. The van der Waals surface area contributed by atoms with Crippen molar-refractivity contribution in [3.63, 3.8) is 0 Å². The predicted molar refractivity (Wildman–Crippen MR) is 90.6 cm³/mol. The number of aromatic nitrogens is 2. The van der Waals surface area contributed by atoms with Crippen LogP contribution in [-0.4, -0.2) is 32.8 Å². The van der Waals surface area contributed by atoms with Crippen LogP contribution in [0, 0.1) is 0 Å². The van der Waals surface area contributed by atoms with E-state index in [1.807, 2.05) is 30.3 Å². The van der Waals surface area contributed by atoms with E-state index in [4.69, 9.17) is 5.11 Å². The Balaban J connectivity index is 1.93. The standard InChI is InChI=1S/C17H20N4O3/c1-17(2,11-10-15(22)23)19-16(24)18-14-9-8-13(20-21-14)12-6-4-3-5-7-12/h3-9H,10-11H2,1-2H3,(H,22,23)(H2,18,19,21,24). The molecule has 3 N–H and O–H groups in total. The van der Waals surface area contributed by atoms with Crippen molar-refractivity contribution < 1.29 is 14.7 Å². The van der Waals surface area contributed by atoms with Gasteiger partial charge in [0.1, 0.15) is 0 Å². The fraction of sp³-hybridized carbons (Fsp3) is 0.294. The molecule has 7 nitrogen and oxygen atoms in total. The second-order valence-electron chi connectivity index (χ2n) is 6.03. The van der Waals surface area contributed by atoms with E-state index in [0.717, 1.165) is 5.56 Å². The Labute approximate surface area is 140 Å². The summed E-state index contributed by atoms with van der Waals surface area (Å²) in [5.41, 5.74) is 1.01. The van der Waals surface area contributed by atoms with E-state index in [2.05, 4.69) is 20.8 Å². The highest BCUT2D eigenvalue weighted by molar-refractivity contribution is 5.88. The molecule has 0 saturated heterocycles. The number of nitrogens with zero attached hydrogens (tertiary/aromatic N) is 2. The summed E-state index contributed by atoms with van der Waals surface area (Å²) in [6.45, 7) is 3.53. The first-order chi connectivity index (χ1) is 11.4. The topological polar surface area (TPSA) is 104 Å². The molecule has 126 valence electrons. The SMILES string of the molecule is CC(C)(CCC(=O)O)NC(=O)Nc1ccc(-c2ccccc2)nn1. The molecular formula is C17H20N4O3. The number of anilines is 1. The number of benzene rings is 1. The fourth-order valence-electron chi connectivity index (χ4n) is 2.10. The number of urea groups is 1. The minimum Gasteiger partial charge on any atom is -0.481 e. The van der Waals surface area contributed by atoms with Crippen molar-refractivity contribution in [3.05, 3.63) is 42.5 Å². The van der Waals surface area contributed by atoms with Crippen LogP contribution in [0.25, 0.3) is 11.3 Å². The first-order valence-electron chi connectivity index (χ1n) is 7.56. The van der Waals surface area contributed by atoms with Gasteiger partial charge in [0.2, 0.25) is 0 Å². The van der Waals surface area contributed by atoms with Gasteiger partial charge in [0.15, 0.2) is 5.82 Å². The molecule has 0 spiro atoms. The van der Waals surface area contributed by atoms with E-state index in [1.54, 1.807) is 26.0 Å². The summed E-state index contributed by atoms with van der Waals surface area (Å²) < 4.78 is 0. The van der Waals surface area contributed by atoms with Crippen LogP contribution >= 0.6 is 0 Å². The second-order valence-corrected chi connectivity index (χ2v) is 6.03. The average molecular weight is 328 g/mol. The Bertz CT molecular complexity index is 700. The molecule has 2 amide bonds. The molecule has 1 heterocycles. The van der Waals surface area contributed by atoms with Gasteiger partial charge in [-0.25, -0.2) is 4.79 Å². The van der Waals surface area contributed by atoms with E-state index in [-0.39, 0.29) is 6.42 Å². The molecule has 0 radical (unpaired) electrons. The van der Waals surface area contributed by atoms with Gasteiger partial charge in [-0.2, -0.15) is 0 Å². The van der Waals surface area contributed by atoms with E-state index < -0.39 is 17.5 Å². The Morgan fingerprint density at radius 2 is 1.79 bits per heavy atom. The number of nitrogens with one attached hydrogen (secondary N) is 2. The van der Waals surface area contributed by atoms with Gasteiger partial charge in [0.05, 0.1) is 5.69 Å². The van der Waals surface area contributed by atoms with Crippen molar-refractivity contribution in [2.24, 2.45) is 0 Å². The van der Waals surface area contributed by atoms with Crippen LogP contribution in [0.1, 0.15) is 26.7 Å². The number of carbonyl (C=O) groups is 2. The lowest BCUT2D eigenvalue weighted by atomic mass is 9.99. The lowest BCUT2D eigenvalue weighted by molar-refractivity contribution is -0.137. The minimum atomic E-state index is -0.896. The zero-order valence-corrected chi connectivity index (χ0v) is 13.6. The maximum absolute atomic E-state index is 12.0. The molecular weight excluding hydrogens is 308 g/mol. The number of carboxylic acid groups (broad SMARTS) is 1. The van der Waals surface area contributed by atoms with Gasteiger partial charge >= 0.3 is 12.0 Å². The van der Waals surface area contributed by atoms with E-state index in [1.165, 1.54) is 0 Å². The molecule has 1 aromatic carbocycles. The number of aliphatic carboxylic acids is 1. The van der Waals surface area contributed by atoms with Crippen molar-refractivity contribution in [1.29, 1.82) is 0 Å². The lowest BCUT2D eigenvalue weighted by Crippen LogP contribution is -2.45. The quantitative estimate of drug-likeness (QED) is 0.756. The molecule has 24 heavy (non-hydrogen) atoms. The van der Waals surface area contributed by atoms with Crippen LogP contribution in [-0.2, 0) is 4.79 Å². The summed E-state index contributed by atoms with van der Waals surface area (Å²) in [6.07, 6.45) is 0.313. The Hall–Kier alpha value is -2.96. The van der Waals surface area contributed by atoms with Crippen LogP contribution in [0.2, 0.25) is 0 Å². The molecule has 0 saturated carbocycles. The molecule has 0 atom stereocenters. The summed E-state index contributed by atoms with van der Waals surface area (Å²) in [5, 5.41) is 22.1. The normalized spacial score (nSPS) is 10.9. The van der Waals surface area contributed by atoms with Gasteiger partial charge in [-0.15, -0.1) is 10.2 Å². The summed E-state index contributed by atoms with van der Waals surface area (Å²) in [4.78, 5) is 22.6. The molecule has 0 unspecified atom stereocenters. The fourth-order valence-corrected chi connectivity index (χ4v) is 2.10. The van der Waals surface area contributed by atoms with E-state index in [9.17, 15) is 9.59 Å². The zero-order valence-electron chi connectivity index (χ0n) is 13.6. The summed E-state index contributed by atoms with van der Waals surface area (Å²) in [7, 11) is 0. The molecule has 0 aliphatic heterocycles. The average Bonchev–Trinajstić information content (AvgIpc) is 2.54. The van der Waals surface area contributed by atoms with Crippen molar-refractivity contribution in [3.8, 4) is 11.3 Å². The first-order valence-corrected chi connectivity index (χ1v) is 7.56. The maximum atomic E-state index is 12.0. The van der Waals surface area contributed by atoms with E-state index in [0.29, 0.717) is 17.9 Å². The summed E-state index contributed by atoms with van der Waals surface area (Å²) in [5.74, 6) is -0.575. The monoisotopic (exact) mass is 328 g/mol. The Morgan fingerprint density at radius 1 is 1.08 bits per heavy atom. The summed E-state index contributed by atoms with van der Waals surface area (Å²) >= 11 is 0.